The number of carbonyl (C=O) groups excluding carboxylic acids is 1. The maximum Gasteiger partial charge on any atom is 0.222 e. The third kappa shape index (κ3) is 6.75. The number of amides is 1. The van der Waals surface area contributed by atoms with Crippen LogP contribution in [0.2, 0.25) is 10.0 Å². The number of hydrogen-bond acceptors (Lipinski definition) is 2. The topological polar surface area (TPSA) is 56.7 Å². The van der Waals surface area contributed by atoms with Crippen molar-refractivity contribution in [3.63, 3.8) is 0 Å². The number of carbonyl (C=O) groups is 1. The molecule has 1 saturated heterocycles. The van der Waals surface area contributed by atoms with Gasteiger partial charge in [-0.2, -0.15) is 0 Å². The number of nitrogens with one attached hydrogen (secondary N) is 2. The monoisotopic (exact) mass is 560 g/mol. The van der Waals surface area contributed by atoms with E-state index in [1.807, 2.05) is 24.0 Å². The number of aliphatic imine (C=N–C) groups is 1. The fraction of sp³-hybridized carbons (Fsp3) is 0.364. The zero-order chi connectivity index (χ0) is 20.8. The Bertz CT molecular complexity index is 889. The summed E-state index contributed by atoms with van der Waals surface area (Å²) in [6, 6.07) is 13.8. The minimum Gasteiger partial charge on any atom is -0.352 e. The third-order valence-electron chi connectivity index (χ3n) is 5.03. The molecule has 1 unspecified atom stereocenters. The smallest absolute Gasteiger partial charge is 0.222 e. The number of likely N-dealkylation sites (tertiary alicyclic amines) is 1. The SMILES string of the molecule is CN=C(NCc1ccc(CN2CCCC2=O)cc1)NC(C)c1ccc(Cl)cc1Cl.I. The highest BCUT2D eigenvalue weighted by atomic mass is 127. The zero-order valence-electron chi connectivity index (χ0n) is 17.1. The van der Waals surface area contributed by atoms with Gasteiger partial charge in [0.25, 0.3) is 0 Å². The second-order valence-corrected chi connectivity index (χ2v) is 8.04. The molecular weight excluding hydrogens is 534 g/mol. The first-order valence-corrected chi connectivity index (χ1v) is 10.5. The number of benzene rings is 2. The normalized spacial score (nSPS) is 15.0. The van der Waals surface area contributed by atoms with Crippen molar-refractivity contribution in [2.45, 2.75) is 38.9 Å². The average Bonchev–Trinajstić information content (AvgIpc) is 3.10. The lowest BCUT2D eigenvalue weighted by Crippen LogP contribution is -2.38. The van der Waals surface area contributed by atoms with E-state index in [1.165, 1.54) is 0 Å². The molecule has 1 aliphatic heterocycles. The third-order valence-corrected chi connectivity index (χ3v) is 5.60. The van der Waals surface area contributed by atoms with Crippen LogP contribution in [0.4, 0.5) is 0 Å². The van der Waals surface area contributed by atoms with E-state index < -0.39 is 0 Å². The summed E-state index contributed by atoms with van der Waals surface area (Å²) in [5, 5.41) is 7.91. The summed E-state index contributed by atoms with van der Waals surface area (Å²) in [7, 11) is 1.74. The average molecular weight is 561 g/mol. The second-order valence-electron chi connectivity index (χ2n) is 7.19. The Morgan fingerprint density at radius 3 is 2.47 bits per heavy atom. The van der Waals surface area contributed by atoms with Gasteiger partial charge < -0.3 is 15.5 Å². The van der Waals surface area contributed by atoms with Crippen molar-refractivity contribution < 1.29 is 4.79 Å². The molecule has 2 aromatic carbocycles. The number of halogens is 3. The van der Waals surface area contributed by atoms with Crippen molar-refractivity contribution in [3.05, 3.63) is 69.2 Å². The van der Waals surface area contributed by atoms with Gasteiger partial charge in [-0.3, -0.25) is 9.79 Å². The van der Waals surface area contributed by atoms with Crippen LogP contribution >= 0.6 is 47.2 Å². The summed E-state index contributed by atoms with van der Waals surface area (Å²) in [4.78, 5) is 18.0. The fourth-order valence-electron chi connectivity index (χ4n) is 3.37. The first-order valence-electron chi connectivity index (χ1n) is 9.74. The number of nitrogens with zero attached hydrogens (tertiary/aromatic N) is 2. The summed E-state index contributed by atoms with van der Waals surface area (Å²) in [6.07, 6.45) is 1.64. The molecule has 0 spiro atoms. The number of guanidine groups is 1. The van der Waals surface area contributed by atoms with Crippen LogP contribution in [0.1, 0.15) is 42.5 Å². The van der Waals surface area contributed by atoms with Crippen molar-refractivity contribution in [1.29, 1.82) is 0 Å². The van der Waals surface area contributed by atoms with E-state index in [2.05, 4.69) is 39.9 Å². The van der Waals surface area contributed by atoms with E-state index in [0.717, 1.165) is 29.7 Å². The minimum atomic E-state index is -0.0219. The molecule has 162 valence electrons. The van der Waals surface area contributed by atoms with Crippen LogP contribution in [-0.4, -0.2) is 30.4 Å². The van der Waals surface area contributed by atoms with Crippen LogP contribution in [0.5, 0.6) is 0 Å². The molecule has 1 atom stereocenters. The summed E-state index contributed by atoms with van der Waals surface area (Å²) >= 11 is 12.3. The summed E-state index contributed by atoms with van der Waals surface area (Å²) < 4.78 is 0. The van der Waals surface area contributed by atoms with Gasteiger partial charge in [-0.25, -0.2) is 0 Å². The van der Waals surface area contributed by atoms with Gasteiger partial charge in [0.1, 0.15) is 0 Å². The van der Waals surface area contributed by atoms with E-state index in [9.17, 15) is 4.79 Å². The van der Waals surface area contributed by atoms with Gasteiger partial charge in [0.15, 0.2) is 5.96 Å². The quantitative estimate of drug-likeness (QED) is 0.291. The van der Waals surface area contributed by atoms with Crippen molar-refractivity contribution >= 4 is 59.0 Å². The predicted octanol–water partition coefficient (Wildman–Crippen LogP) is 5.16. The molecule has 2 aromatic rings. The molecule has 0 aromatic heterocycles. The molecule has 30 heavy (non-hydrogen) atoms. The molecule has 0 radical (unpaired) electrons. The number of rotatable bonds is 6. The predicted molar refractivity (Wildman–Crippen MR) is 135 cm³/mol. The van der Waals surface area contributed by atoms with Crippen molar-refractivity contribution in [2.75, 3.05) is 13.6 Å². The largest absolute Gasteiger partial charge is 0.352 e. The van der Waals surface area contributed by atoms with Crippen LogP contribution in [-0.2, 0) is 17.9 Å². The first kappa shape index (κ1) is 24.8. The second kappa shape index (κ2) is 11.8. The van der Waals surface area contributed by atoms with E-state index >= 15 is 0 Å². The fourth-order valence-corrected chi connectivity index (χ4v) is 3.94. The Morgan fingerprint density at radius 2 is 1.87 bits per heavy atom. The van der Waals surface area contributed by atoms with Gasteiger partial charge >= 0.3 is 0 Å². The van der Waals surface area contributed by atoms with Crippen molar-refractivity contribution in [3.8, 4) is 0 Å². The Morgan fingerprint density at radius 1 is 1.17 bits per heavy atom. The summed E-state index contributed by atoms with van der Waals surface area (Å²) in [6.45, 7) is 4.22. The van der Waals surface area contributed by atoms with Crippen LogP contribution in [0.15, 0.2) is 47.5 Å². The number of hydrogen-bond donors (Lipinski definition) is 2. The van der Waals surface area contributed by atoms with Crippen molar-refractivity contribution in [2.24, 2.45) is 4.99 Å². The van der Waals surface area contributed by atoms with Gasteiger partial charge in [0.05, 0.1) is 6.04 Å². The van der Waals surface area contributed by atoms with E-state index in [4.69, 9.17) is 23.2 Å². The molecule has 1 fully saturated rings. The van der Waals surface area contributed by atoms with E-state index in [1.54, 1.807) is 13.1 Å². The van der Waals surface area contributed by atoms with Gasteiger partial charge in [-0.05, 0) is 42.2 Å². The molecule has 0 aliphatic carbocycles. The molecule has 1 aliphatic rings. The van der Waals surface area contributed by atoms with Crippen LogP contribution in [0.25, 0.3) is 0 Å². The Labute approximate surface area is 205 Å². The lowest BCUT2D eigenvalue weighted by atomic mass is 10.1. The minimum absolute atomic E-state index is 0. The van der Waals surface area contributed by atoms with Crippen molar-refractivity contribution in [1.82, 2.24) is 15.5 Å². The molecule has 2 N–H and O–H groups in total. The standard InChI is InChI=1S/C22H26Cl2N4O.HI/c1-15(19-10-9-18(23)12-20(19)24)27-22(25-2)26-13-16-5-7-17(8-6-16)14-28-11-3-4-21(28)29;/h5-10,12,15H,3-4,11,13-14H2,1-2H3,(H2,25,26,27);1H. The van der Waals surface area contributed by atoms with Gasteiger partial charge in [-0.1, -0.05) is 53.5 Å². The highest BCUT2D eigenvalue weighted by Gasteiger charge is 2.19. The van der Waals surface area contributed by atoms with Gasteiger partial charge in [0, 0.05) is 43.1 Å². The molecule has 1 heterocycles. The van der Waals surface area contributed by atoms with Crippen LogP contribution in [0, 0.1) is 0 Å². The highest BCUT2D eigenvalue weighted by Crippen LogP contribution is 2.26. The molecule has 8 heteroatoms. The summed E-state index contributed by atoms with van der Waals surface area (Å²) in [5.41, 5.74) is 3.25. The molecule has 1 amide bonds. The van der Waals surface area contributed by atoms with Crippen LogP contribution < -0.4 is 10.6 Å². The molecule has 0 bridgehead atoms. The summed E-state index contributed by atoms with van der Waals surface area (Å²) in [5.74, 6) is 0.941. The zero-order valence-corrected chi connectivity index (χ0v) is 21.0. The Hall–Kier alpha value is -1.51. The lowest BCUT2D eigenvalue weighted by Gasteiger charge is -2.19. The van der Waals surface area contributed by atoms with E-state index in [0.29, 0.717) is 35.5 Å². The Kier molecular flexibility index (Phi) is 9.71. The molecule has 0 saturated carbocycles. The highest BCUT2D eigenvalue weighted by molar-refractivity contribution is 14.0. The lowest BCUT2D eigenvalue weighted by molar-refractivity contribution is -0.128. The van der Waals surface area contributed by atoms with Crippen LogP contribution in [0.3, 0.4) is 0 Å². The van der Waals surface area contributed by atoms with Gasteiger partial charge in [0.2, 0.25) is 5.91 Å². The molecule has 3 rings (SSSR count). The Balaban J connectivity index is 0.00000320. The molecular formula is C22H27Cl2IN4O. The van der Waals surface area contributed by atoms with E-state index in [-0.39, 0.29) is 35.9 Å². The maximum absolute atomic E-state index is 11.8. The molecule has 5 nitrogen and oxygen atoms in total. The first-order chi connectivity index (χ1) is 14.0. The van der Waals surface area contributed by atoms with Gasteiger partial charge in [-0.15, -0.1) is 24.0 Å². The maximum atomic E-state index is 11.8.